The highest BCUT2D eigenvalue weighted by atomic mass is 32.1. The molecular formula is C26H31N5O2S. The fraction of sp³-hybridized carbons (Fsp3) is 0.462. The highest BCUT2D eigenvalue weighted by Gasteiger charge is 2.34. The summed E-state index contributed by atoms with van der Waals surface area (Å²) in [6.07, 6.45) is 5.19. The van der Waals surface area contributed by atoms with Crippen LogP contribution in [0, 0.1) is 13.8 Å². The number of amides is 2. The molecule has 0 radical (unpaired) electrons. The average molecular weight is 478 g/mol. The molecule has 2 aromatic heterocycles. The molecule has 2 aliphatic rings. The predicted molar refractivity (Wildman–Crippen MR) is 133 cm³/mol. The van der Waals surface area contributed by atoms with E-state index in [4.69, 9.17) is 4.98 Å². The summed E-state index contributed by atoms with van der Waals surface area (Å²) in [6.45, 7) is 5.05. The molecule has 3 aromatic rings. The predicted octanol–water partition coefficient (Wildman–Crippen LogP) is 4.46. The number of hydrogen-bond donors (Lipinski definition) is 1. The molecule has 8 heteroatoms. The standard InChI is InChI=1S/C26H31N5O2S/c1-16-7-6-8-19(13-16)23-22(28-25(34-23)18-10-11-18)26(33)31-12-5-4-9-20(31)15-27-24(32)21-14-17(2)29-30(21)3/h6-8,13-14,18,20H,4-5,9-12,15H2,1-3H3,(H,27,32)/t20-/m0/s1. The Balaban J connectivity index is 1.38. The van der Waals surface area contributed by atoms with Crippen molar-refractivity contribution >= 4 is 23.2 Å². The van der Waals surface area contributed by atoms with Crippen molar-refractivity contribution in [3.8, 4) is 10.4 Å². The Hall–Kier alpha value is -3.00. The molecule has 5 rings (SSSR count). The quantitative estimate of drug-likeness (QED) is 0.568. The monoisotopic (exact) mass is 477 g/mol. The number of aryl methyl sites for hydroxylation is 3. The summed E-state index contributed by atoms with van der Waals surface area (Å²) < 4.78 is 1.59. The molecule has 1 N–H and O–H groups in total. The third-order valence-corrected chi connectivity index (χ3v) is 7.94. The smallest absolute Gasteiger partial charge is 0.274 e. The van der Waals surface area contributed by atoms with Crippen molar-refractivity contribution in [1.29, 1.82) is 0 Å². The van der Waals surface area contributed by atoms with Gasteiger partial charge in [0, 0.05) is 32.1 Å². The van der Waals surface area contributed by atoms with Crippen molar-refractivity contribution in [1.82, 2.24) is 25.0 Å². The van der Waals surface area contributed by atoms with Crippen LogP contribution in [0.5, 0.6) is 0 Å². The fourth-order valence-electron chi connectivity index (χ4n) is 4.71. The van der Waals surface area contributed by atoms with Crippen LogP contribution in [0.2, 0.25) is 0 Å². The fourth-order valence-corrected chi connectivity index (χ4v) is 5.93. The lowest BCUT2D eigenvalue weighted by atomic mass is 10.0. The Morgan fingerprint density at radius 2 is 1.97 bits per heavy atom. The number of benzene rings is 1. The number of thiazole rings is 1. The number of rotatable bonds is 6. The molecular weight excluding hydrogens is 446 g/mol. The minimum absolute atomic E-state index is 0.0185. The van der Waals surface area contributed by atoms with E-state index >= 15 is 0 Å². The van der Waals surface area contributed by atoms with Crippen LogP contribution >= 0.6 is 11.3 Å². The van der Waals surface area contributed by atoms with Crippen LogP contribution in [0.15, 0.2) is 30.3 Å². The van der Waals surface area contributed by atoms with Gasteiger partial charge in [-0.05, 0) is 57.6 Å². The van der Waals surface area contributed by atoms with Crippen LogP contribution in [-0.2, 0) is 7.05 Å². The van der Waals surface area contributed by atoms with Gasteiger partial charge in [0.25, 0.3) is 11.8 Å². The normalized spacial score (nSPS) is 18.2. The van der Waals surface area contributed by atoms with Crippen LogP contribution in [0.3, 0.4) is 0 Å². The molecule has 0 unspecified atom stereocenters. The van der Waals surface area contributed by atoms with Gasteiger partial charge in [-0.15, -0.1) is 11.3 Å². The van der Waals surface area contributed by atoms with Crippen LogP contribution in [0.1, 0.15) is 75.3 Å². The van der Waals surface area contributed by atoms with Crippen molar-refractivity contribution in [2.75, 3.05) is 13.1 Å². The molecule has 1 aliphatic heterocycles. The van der Waals surface area contributed by atoms with Gasteiger partial charge < -0.3 is 10.2 Å². The summed E-state index contributed by atoms with van der Waals surface area (Å²) in [5, 5.41) is 8.37. The van der Waals surface area contributed by atoms with Crippen molar-refractivity contribution in [2.45, 2.75) is 57.9 Å². The van der Waals surface area contributed by atoms with E-state index in [0.717, 1.165) is 53.2 Å². The Morgan fingerprint density at radius 1 is 1.15 bits per heavy atom. The van der Waals surface area contributed by atoms with Gasteiger partial charge in [0.05, 0.1) is 15.6 Å². The first-order valence-electron chi connectivity index (χ1n) is 12.1. The molecule has 0 spiro atoms. The molecule has 7 nitrogen and oxygen atoms in total. The molecule has 1 saturated carbocycles. The van der Waals surface area contributed by atoms with Gasteiger partial charge in [-0.1, -0.05) is 29.8 Å². The molecule has 3 heterocycles. The van der Waals surface area contributed by atoms with Crippen molar-refractivity contribution in [2.24, 2.45) is 7.05 Å². The van der Waals surface area contributed by atoms with Crippen LogP contribution in [-0.4, -0.2) is 50.6 Å². The molecule has 34 heavy (non-hydrogen) atoms. The summed E-state index contributed by atoms with van der Waals surface area (Å²) in [6, 6.07) is 10.0. The molecule has 2 fully saturated rings. The van der Waals surface area contributed by atoms with E-state index in [9.17, 15) is 9.59 Å². The van der Waals surface area contributed by atoms with E-state index in [2.05, 4.69) is 35.5 Å². The summed E-state index contributed by atoms with van der Waals surface area (Å²) in [7, 11) is 1.77. The number of carbonyl (C=O) groups excluding carboxylic acids is 2. The Kier molecular flexibility index (Phi) is 6.25. The number of piperidine rings is 1. The highest BCUT2D eigenvalue weighted by molar-refractivity contribution is 7.15. The van der Waals surface area contributed by atoms with E-state index in [-0.39, 0.29) is 17.9 Å². The van der Waals surface area contributed by atoms with Crippen molar-refractivity contribution < 1.29 is 9.59 Å². The number of likely N-dealkylation sites (tertiary alicyclic amines) is 1. The van der Waals surface area contributed by atoms with Crippen LogP contribution in [0.25, 0.3) is 10.4 Å². The van der Waals surface area contributed by atoms with Gasteiger partial charge in [-0.25, -0.2) is 4.98 Å². The number of hydrogen-bond acceptors (Lipinski definition) is 5. The van der Waals surface area contributed by atoms with E-state index in [1.165, 1.54) is 5.56 Å². The van der Waals surface area contributed by atoms with E-state index in [1.54, 1.807) is 29.1 Å². The second kappa shape index (κ2) is 9.33. The summed E-state index contributed by atoms with van der Waals surface area (Å²) in [5.41, 5.74) is 4.13. The Labute approximate surface area is 204 Å². The van der Waals surface area contributed by atoms with Gasteiger partial charge >= 0.3 is 0 Å². The second-order valence-electron chi connectivity index (χ2n) is 9.53. The molecule has 0 bridgehead atoms. The largest absolute Gasteiger partial charge is 0.349 e. The third-order valence-electron chi connectivity index (χ3n) is 6.67. The number of nitrogens with zero attached hydrogens (tertiary/aromatic N) is 4. The first-order chi connectivity index (χ1) is 16.4. The number of nitrogens with one attached hydrogen (secondary N) is 1. The maximum absolute atomic E-state index is 13.9. The first kappa shape index (κ1) is 22.8. The maximum Gasteiger partial charge on any atom is 0.274 e. The number of carbonyl (C=O) groups is 2. The lowest BCUT2D eigenvalue weighted by molar-refractivity contribution is 0.0597. The minimum Gasteiger partial charge on any atom is -0.349 e. The molecule has 2 amide bonds. The maximum atomic E-state index is 13.9. The van der Waals surface area contributed by atoms with Gasteiger partial charge in [0.2, 0.25) is 0 Å². The summed E-state index contributed by atoms with van der Waals surface area (Å²) in [5.74, 6) is 0.315. The van der Waals surface area contributed by atoms with Crippen LogP contribution in [0.4, 0.5) is 0 Å². The third kappa shape index (κ3) is 4.64. The van der Waals surface area contributed by atoms with Gasteiger partial charge in [-0.2, -0.15) is 5.10 Å². The minimum atomic E-state index is -0.161. The molecule has 1 saturated heterocycles. The molecule has 1 atom stereocenters. The molecule has 178 valence electrons. The summed E-state index contributed by atoms with van der Waals surface area (Å²) in [4.78, 5) is 34.4. The topological polar surface area (TPSA) is 80.1 Å². The first-order valence-corrected chi connectivity index (χ1v) is 12.9. The zero-order valence-electron chi connectivity index (χ0n) is 20.0. The number of aromatic nitrogens is 3. The van der Waals surface area contributed by atoms with E-state index in [0.29, 0.717) is 30.4 Å². The van der Waals surface area contributed by atoms with Crippen molar-refractivity contribution in [3.63, 3.8) is 0 Å². The van der Waals surface area contributed by atoms with Gasteiger partial charge in [-0.3, -0.25) is 14.3 Å². The van der Waals surface area contributed by atoms with Gasteiger partial charge in [0.1, 0.15) is 11.4 Å². The van der Waals surface area contributed by atoms with Crippen molar-refractivity contribution in [3.05, 3.63) is 58.0 Å². The summed E-state index contributed by atoms with van der Waals surface area (Å²) >= 11 is 1.67. The zero-order chi connectivity index (χ0) is 23.8. The lowest BCUT2D eigenvalue weighted by Gasteiger charge is -2.35. The lowest BCUT2D eigenvalue weighted by Crippen LogP contribution is -2.49. The Morgan fingerprint density at radius 3 is 2.68 bits per heavy atom. The van der Waals surface area contributed by atoms with Gasteiger partial charge in [0.15, 0.2) is 0 Å². The van der Waals surface area contributed by atoms with E-state index < -0.39 is 0 Å². The highest BCUT2D eigenvalue weighted by Crippen LogP contribution is 2.45. The average Bonchev–Trinajstić information content (AvgIpc) is 3.49. The van der Waals surface area contributed by atoms with E-state index in [1.807, 2.05) is 17.9 Å². The SMILES string of the molecule is Cc1cccc(-c2sc(C3CC3)nc2C(=O)N2CCCC[C@H]2CNC(=O)c2cc(C)nn2C)c1. The second-order valence-corrected chi connectivity index (χ2v) is 10.6. The Bertz CT molecular complexity index is 1230. The molecule has 1 aliphatic carbocycles. The zero-order valence-corrected chi connectivity index (χ0v) is 20.8. The van der Waals surface area contributed by atoms with Crippen LogP contribution < -0.4 is 5.32 Å². The molecule has 1 aromatic carbocycles.